The first kappa shape index (κ1) is 10.9. The number of benzene rings is 1. The lowest BCUT2D eigenvalue weighted by molar-refractivity contribution is 0.102. The molecule has 0 aliphatic heterocycles. The van der Waals surface area contributed by atoms with E-state index < -0.39 is 5.82 Å². The standard InChI is InChI=1S/C10H7BrFN3O/c1-15-9(5-13-14-15)10(16)7-3-2-6(12)4-8(7)11/h2-5H,1H3. The van der Waals surface area contributed by atoms with Crippen molar-refractivity contribution in [1.82, 2.24) is 15.0 Å². The van der Waals surface area contributed by atoms with Crippen molar-refractivity contribution >= 4 is 21.7 Å². The summed E-state index contributed by atoms with van der Waals surface area (Å²) in [6.07, 6.45) is 1.37. The van der Waals surface area contributed by atoms with E-state index in [4.69, 9.17) is 0 Å². The normalized spacial score (nSPS) is 10.4. The van der Waals surface area contributed by atoms with E-state index in [1.807, 2.05) is 0 Å². The Morgan fingerprint density at radius 2 is 2.25 bits per heavy atom. The van der Waals surface area contributed by atoms with Crippen molar-refractivity contribution in [3.05, 3.63) is 45.9 Å². The van der Waals surface area contributed by atoms with Gasteiger partial charge in [-0.3, -0.25) is 4.79 Å². The number of rotatable bonds is 2. The number of carbonyl (C=O) groups excluding carboxylic acids is 1. The quantitative estimate of drug-likeness (QED) is 0.792. The van der Waals surface area contributed by atoms with E-state index in [1.165, 1.54) is 29.1 Å². The SMILES string of the molecule is Cn1nncc1C(=O)c1ccc(F)cc1Br. The summed E-state index contributed by atoms with van der Waals surface area (Å²) in [5.74, 6) is -0.647. The van der Waals surface area contributed by atoms with Crippen LogP contribution in [0.1, 0.15) is 16.1 Å². The molecule has 0 fully saturated rings. The van der Waals surface area contributed by atoms with Gasteiger partial charge in [0.2, 0.25) is 5.78 Å². The number of aryl methyl sites for hydroxylation is 1. The molecule has 0 N–H and O–H groups in total. The number of nitrogens with zero attached hydrogens (tertiary/aromatic N) is 3. The zero-order valence-corrected chi connectivity index (χ0v) is 9.90. The Hall–Kier alpha value is -1.56. The van der Waals surface area contributed by atoms with Crippen molar-refractivity contribution in [3.63, 3.8) is 0 Å². The van der Waals surface area contributed by atoms with Crippen LogP contribution in [0.15, 0.2) is 28.9 Å². The average Bonchev–Trinajstić information content (AvgIpc) is 2.63. The van der Waals surface area contributed by atoms with Crippen LogP contribution >= 0.6 is 15.9 Å². The molecule has 0 atom stereocenters. The molecule has 1 heterocycles. The minimum absolute atomic E-state index is 0.251. The minimum Gasteiger partial charge on any atom is -0.287 e. The summed E-state index contributed by atoms with van der Waals surface area (Å²) >= 11 is 3.15. The van der Waals surface area contributed by atoms with Crippen LogP contribution in [0.2, 0.25) is 0 Å². The van der Waals surface area contributed by atoms with Crippen LogP contribution in [0.25, 0.3) is 0 Å². The third kappa shape index (κ3) is 1.88. The van der Waals surface area contributed by atoms with E-state index in [0.717, 1.165) is 0 Å². The van der Waals surface area contributed by atoms with E-state index in [9.17, 15) is 9.18 Å². The number of carbonyl (C=O) groups is 1. The van der Waals surface area contributed by atoms with E-state index in [1.54, 1.807) is 7.05 Å². The van der Waals surface area contributed by atoms with Gasteiger partial charge >= 0.3 is 0 Å². The monoisotopic (exact) mass is 283 g/mol. The van der Waals surface area contributed by atoms with Gasteiger partial charge in [0.25, 0.3) is 0 Å². The number of ketones is 1. The second-order valence-electron chi connectivity index (χ2n) is 3.20. The third-order valence-corrected chi connectivity index (χ3v) is 2.78. The number of hydrogen-bond acceptors (Lipinski definition) is 3. The van der Waals surface area contributed by atoms with Crippen molar-refractivity contribution in [3.8, 4) is 0 Å². The van der Waals surface area contributed by atoms with Crippen LogP contribution in [0.3, 0.4) is 0 Å². The van der Waals surface area contributed by atoms with E-state index in [-0.39, 0.29) is 5.78 Å². The topological polar surface area (TPSA) is 47.8 Å². The fourth-order valence-electron chi connectivity index (χ4n) is 1.31. The molecule has 0 aliphatic rings. The lowest BCUT2D eigenvalue weighted by Gasteiger charge is -2.03. The maximum Gasteiger partial charge on any atom is 0.213 e. The number of halogens is 2. The Morgan fingerprint density at radius 1 is 1.50 bits per heavy atom. The Bertz CT molecular complexity index is 553. The third-order valence-electron chi connectivity index (χ3n) is 2.12. The van der Waals surface area contributed by atoms with Crippen molar-refractivity contribution in [1.29, 1.82) is 0 Å². The lowest BCUT2D eigenvalue weighted by atomic mass is 10.1. The zero-order valence-electron chi connectivity index (χ0n) is 8.32. The first-order valence-electron chi connectivity index (χ1n) is 4.44. The Kier molecular flexibility index (Phi) is 2.82. The van der Waals surface area contributed by atoms with E-state index >= 15 is 0 Å². The molecule has 6 heteroatoms. The summed E-state index contributed by atoms with van der Waals surface area (Å²) in [6.45, 7) is 0. The van der Waals surface area contributed by atoms with Crippen molar-refractivity contribution in [2.24, 2.45) is 7.05 Å². The van der Waals surface area contributed by atoms with Gasteiger partial charge in [0, 0.05) is 17.1 Å². The highest BCUT2D eigenvalue weighted by Gasteiger charge is 2.16. The van der Waals surface area contributed by atoms with Gasteiger partial charge in [0.05, 0.1) is 6.20 Å². The van der Waals surface area contributed by atoms with Gasteiger partial charge in [-0.1, -0.05) is 5.21 Å². The summed E-state index contributed by atoms with van der Waals surface area (Å²) in [5.41, 5.74) is 0.735. The molecule has 0 saturated heterocycles. The maximum atomic E-state index is 12.9. The molecule has 1 aromatic carbocycles. The maximum absolute atomic E-state index is 12.9. The van der Waals surface area contributed by atoms with Gasteiger partial charge in [0.15, 0.2) is 0 Å². The molecule has 0 bridgehead atoms. The highest BCUT2D eigenvalue weighted by Crippen LogP contribution is 2.20. The summed E-state index contributed by atoms with van der Waals surface area (Å²) in [7, 11) is 1.62. The predicted octanol–water partition coefficient (Wildman–Crippen LogP) is 1.95. The van der Waals surface area contributed by atoms with Crippen molar-refractivity contribution in [2.45, 2.75) is 0 Å². The van der Waals surface area contributed by atoms with Gasteiger partial charge in [-0.25, -0.2) is 9.07 Å². The molecule has 16 heavy (non-hydrogen) atoms. The zero-order chi connectivity index (χ0) is 11.7. The van der Waals surface area contributed by atoms with Crippen LogP contribution in [-0.4, -0.2) is 20.8 Å². The van der Waals surface area contributed by atoms with Gasteiger partial charge in [0.1, 0.15) is 11.5 Å². The highest BCUT2D eigenvalue weighted by molar-refractivity contribution is 9.10. The predicted molar refractivity (Wildman–Crippen MR) is 58.5 cm³/mol. The molecule has 4 nitrogen and oxygen atoms in total. The van der Waals surface area contributed by atoms with Gasteiger partial charge in [-0.15, -0.1) is 5.10 Å². The Balaban J connectivity index is 2.46. The number of aromatic nitrogens is 3. The molecule has 2 aromatic rings. The first-order valence-corrected chi connectivity index (χ1v) is 5.23. The molecule has 0 unspecified atom stereocenters. The highest BCUT2D eigenvalue weighted by atomic mass is 79.9. The average molecular weight is 284 g/mol. The van der Waals surface area contributed by atoms with Crippen LogP contribution in [0, 0.1) is 5.82 Å². The van der Waals surface area contributed by atoms with Crippen LogP contribution in [-0.2, 0) is 7.05 Å². The van der Waals surface area contributed by atoms with Crippen LogP contribution in [0.5, 0.6) is 0 Å². The van der Waals surface area contributed by atoms with Crippen LogP contribution in [0.4, 0.5) is 4.39 Å². The molecule has 0 spiro atoms. The Labute approximate surface area is 99.2 Å². The molecule has 82 valence electrons. The molecule has 1 aromatic heterocycles. The van der Waals surface area contributed by atoms with Gasteiger partial charge < -0.3 is 0 Å². The fraction of sp³-hybridized carbons (Fsp3) is 0.100. The van der Waals surface area contributed by atoms with Gasteiger partial charge in [-0.05, 0) is 34.1 Å². The van der Waals surface area contributed by atoms with Crippen LogP contribution < -0.4 is 0 Å². The molecular formula is C10H7BrFN3O. The lowest BCUT2D eigenvalue weighted by Crippen LogP contribution is -2.08. The largest absolute Gasteiger partial charge is 0.287 e. The van der Waals surface area contributed by atoms with E-state index in [0.29, 0.717) is 15.7 Å². The first-order chi connectivity index (χ1) is 7.59. The second-order valence-corrected chi connectivity index (χ2v) is 4.05. The van der Waals surface area contributed by atoms with Crippen molar-refractivity contribution < 1.29 is 9.18 Å². The van der Waals surface area contributed by atoms with E-state index in [2.05, 4.69) is 26.2 Å². The Morgan fingerprint density at radius 3 is 2.81 bits per heavy atom. The summed E-state index contributed by atoms with van der Waals surface area (Å²) in [6, 6.07) is 3.91. The fourth-order valence-corrected chi connectivity index (χ4v) is 1.84. The minimum atomic E-state index is -0.397. The smallest absolute Gasteiger partial charge is 0.213 e. The molecule has 0 saturated carbocycles. The molecule has 0 amide bonds. The number of hydrogen-bond donors (Lipinski definition) is 0. The summed E-state index contributed by atoms with van der Waals surface area (Å²) in [4.78, 5) is 12.0. The molecule has 0 aliphatic carbocycles. The summed E-state index contributed by atoms with van der Waals surface area (Å²) in [5, 5.41) is 7.29. The second kappa shape index (κ2) is 4.13. The van der Waals surface area contributed by atoms with Gasteiger partial charge in [-0.2, -0.15) is 0 Å². The van der Waals surface area contributed by atoms with Crippen molar-refractivity contribution in [2.75, 3.05) is 0 Å². The molecule has 2 rings (SSSR count). The molecular weight excluding hydrogens is 277 g/mol. The molecule has 0 radical (unpaired) electrons. The summed E-state index contributed by atoms with van der Waals surface area (Å²) < 4.78 is 14.7.